The lowest BCUT2D eigenvalue weighted by atomic mass is 9.98. The Kier molecular flexibility index (Phi) is 4.85. The molecule has 0 spiro atoms. The van der Waals surface area contributed by atoms with Crippen molar-refractivity contribution in [2.75, 3.05) is 19.7 Å². The van der Waals surface area contributed by atoms with E-state index in [9.17, 15) is 13.6 Å². The number of rotatable bonds is 3. The van der Waals surface area contributed by atoms with E-state index in [2.05, 4.69) is 4.98 Å². The fourth-order valence-corrected chi connectivity index (χ4v) is 2.85. The molecule has 1 aromatic heterocycles. The van der Waals surface area contributed by atoms with Crippen molar-refractivity contribution in [3.63, 3.8) is 0 Å². The Morgan fingerprint density at radius 3 is 2.83 bits per heavy atom. The summed E-state index contributed by atoms with van der Waals surface area (Å²) < 4.78 is 30.7. The van der Waals surface area contributed by atoms with Crippen molar-refractivity contribution in [3.8, 4) is 11.3 Å². The number of hydrogen-bond donors (Lipinski definition) is 0. The fourth-order valence-electron chi connectivity index (χ4n) is 2.85. The molecule has 1 amide bonds. The van der Waals surface area contributed by atoms with Gasteiger partial charge >= 0.3 is 0 Å². The summed E-state index contributed by atoms with van der Waals surface area (Å²) in [6.07, 6.45) is -2.12. The number of ether oxygens (including phenoxy) is 1. The summed E-state index contributed by atoms with van der Waals surface area (Å²) in [4.78, 5) is 18.5. The van der Waals surface area contributed by atoms with Crippen LogP contribution in [0, 0.1) is 6.92 Å². The highest BCUT2D eigenvalue weighted by Crippen LogP contribution is 2.25. The summed E-state index contributed by atoms with van der Waals surface area (Å²) in [6.45, 7) is 2.20. The van der Waals surface area contributed by atoms with Crippen LogP contribution in [-0.2, 0) is 4.74 Å². The van der Waals surface area contributed by atoms with Gasteiger partial charge in [-0.15, -0.1) is 0 Å². The van der Waals surface area contributed by atoms with E-state index >= 15 is 0 Å². The molecule has 1 fully saturated rings. The predicted molar refractivity (Wildman–Crippen MR) is 86.1 cm³/mol. The first kappa shape index (κ1) is 16.5. The first-order chi connectivity index (χ1) is 11.6. The average Bonchev–Trinajstić information content (AvgIpc) is 2.62. The molecule has 1 saturated heterocycles. The van der Waals surface area contributed by atoms with Crippen LogP contribution in [0.4, 0.5) is 8.78 Å². The minimum absolute atomic E-state index is 0.0935. The van der Waals surface area contributed by atoms with Crippen LogP contribution in [0.25, 0.3) is 11.3 Å². The Morgan fingerprint density at radius 1 is 1.29 bits per heavy atom. The molecular formula is C18H18F2N2O2. The second-order valence-corrected chi connectivity index (χ2v) is 5.69. The number of pyridine rings is 1. The van der Waals surface area contributed by atoms with Crippen molar-refractivity contribution in [2.45, 2.75) is 19.5 Å². The topological polar surface area (TPSA) is 42.4 Å². The van der Waals surface area contributed by atoms with Crippen molar-refractivity contribution >= 4 is 5.91 Å². The van der Waals surface area contributed by atoms with Crippen LogP contribution in [0.5, 0.6) is 0 Å². The van der Waals surface area contributed by atoms with Gasteiger partial charge in [-0.25, -0.2) is 8.78 Å². The smallest absolute Gasteiger partial charge is 0.266 e. The molecule has 126 valence electrons. The highest BCUT2D eigenvalue weighted by Gasteiger charge is 2.31. The van der Waals surface area contributed by atoms with E-state index in [0.717, 1.165) is 16.8 Å². The van der Waals surface area contributed by atoms with Gasteiger partial charge in [-0.3, -0.25) is 9.78 Å². The minimum Gasteiger partial charge on any atom is -0.369 e. The van der Waals surface area contributed by atoms with Crippen molar-refractivity contribution in [2.24, 2.45) is 0 Å². The highest BCUT2D eigenvalue weighted by molar-refractivity contribution is 5.97. The molecule has 4 nitrogen and oxygen atoms in total. The second kappa shape index (κ2) is 7.05. The molecule has 24 heavy (non-hydrogen) atoms. The number of carbonyl (C=O) groups is 1. The normalized spacial score (nSPS) is 18.0. The van der Waals surface area contributed by atoms with Crippen LogP contribution in [0.2, 0.25) is 0 Å². The number of morpholine rings is 1. The van der Waals surface area contributed by atoms with E-state index in [4.69, 9.17) is 4.74 Å². The molecule has 3 rings (SSSR count). The molecule has 1 aromatic carbocycles. The van der Waals surface area contributed by atoms with E-state index in [1.54, 1.807) is 18.3 Å². The lowest BCUT2D eigenvalue weighted by Crippen LogP contribution is -2.48. The Labute approximate surface area is 139 Å². The Morgan fingerprint density at radius 2 is 2.12 bits per heavy atom. The van der Waals surface area contributed by atoms with Gasteiger partial charge in [0, 0.05) is 23.9 Å². The quantitative estimate of drug-likeness (QED) is 0.867. The molecule has 0 radical (unpaired) electrons. The summed E-state index contributed by atoms with van der Waals surface area (Å²) in [7, 11) is 0. The van der Waals surface area contributed by atoms with Crippen LogP contribution >= 0.6 is 0 Å². The van der Waals surface area contributed by atoms with Crippen molar-refractivity contribution in [1.82, 2.24) is 9.88 Å². The molecule has 2 aromatic rings. The fraction of sp³-hybridized carbons (Fsp3) is 0.333. The predicted octanol–water partition coefficient (Wildman–Crippen LogP) is 3.16. The number of benzene rings is 1. The standard InChI is InChI=1S/C18H18F2N2O2/c1-12-13(15-7-2-3-8-21-15)5-4-6-14(12)18(23)22-9-10-24-16(11-22)17(19)20/h2-8,16-17H,9-11H2,1H3. The molecule has 1 aliphatic rings. The van der Waals surface area contributed by atoms with E-state index in [1.165, 1.54) is 4.90 Å². The van der Waals surface area contributed by atoms with Crippen LogP contribution in [0.15, 0.2) is 42.6 Å². The largest absolute Gasteiger partial charge is 0.369 e. The van der Waals surface area contributed by atoms with E-state index in [0.29, 0.717) is 12.1 Å². The molecule has 6 heteroatoms. The van der Waals surface area contributed by atoms with Crippen LogP contribution in [-0.4, -0.2) is 48.0 Å². The zero-order valence-corrected chi connectivity index (χ0v) is 13.3. The average molecular weight is 332 g/mol. The lowest BCUT2D eigenvalue weighted by molar-refractivity contribution is -0.0943. The molecule has 1 atom stereocenters. The zero-order valence-electron chi connectivity index (χ0n) is 13.3. The van der Waals surface area contributed by atoms with E-state index < -0.39 is 12.5 Å². The molecule has 0 bridgehead atoms. The third-order valence-electron chi connectivity index (χ3n) is 4.17. The van der Waals surface area contributed by atoms with Gasteiger partial charge in [0.25, 0.3) is 12.3 Å². The van der Waals surface area contributed by atoms with Gasteiger partial charge in [-0.05, 0) is 30.7 Å². The summed E-state index contributed by atoms with van der Waals surface area (Å²) in [5.74, 6) is -0.251. The Hall–Kier alpha value is -2.34. The van der Waals surface area contributed by atoms with Gasteiger partial charge in [0.05, 0.1) is 18.8 Å². The maximum absolute atomic E-state index is 12.9. The van der Waals surface area contributed by atoms with Gasteiger partial charge < -0.3 is 9.64 Å². The van der Waals surface area contributed by atoms with E-state index in [1.807, 2.05) is 31.2 Å². The van der Waals surface area contributed by atoms with Crippen LogP contribution < -0.4 is 0 Å². The Balaban J connectivity index is 1.88. The highest BCUT2D eigenvalue weighted by atomic mass is 19.3. The molecule has 0 aliphatic carbocycles. The number of halogens is 2. The molecule has 0 N–H and O–H groups in total. The van der Waals surface area contributed by atoms with Gasteiger partial charge in [0.2, 0.25) is 0 Å². The van der Waals surface area contributed by atoms with Crippen molar-refractivity contribution in [3.05, 3.63) is 53.7 Å². The summed E-state index contributed by atoms with van der Waals surface area (Å²) >= 11 is 0. The molecule has 0 saturated carbocycles. The van der Waals surface area contributed by atoms with Crippen LogP contribution in [0.1, 0.15) is 15.9 Å². The maximum atomic E-state index is 12.9. The number of hydrogen-bond acceptors (Lipinski definition) is 3. The number of aromatic nitrogens is 1. The maximum Gasteiger partial charge on any atom is 0.266 e. The van der Waals surface area contributed by atoms with Crippen LogP contribution in [0.3, 0.4) is 0 Å². The molecule has 1 unspecified atom stereocenters. The lowest BCUT2D eigenvalue weighted by Gasteiger charge is -2.33. The van der Waals surface area contributed by atoms with Gasteiger partial charge in [-0.1, -0.05) is 18.2 Å². The Bertz CT molecular complexity index is 722. The summed E-state index contributed by atoms with van der Waals surface area (Å²) in [5, 5.41) is 0. The zero-order chi connectivity index (χ0) is 17.1. The number of nitrogens with zero attached hydrogens (tertiary/aromatic N) is 2. The number of carbonyl (C=O) groups excluding carboxylic acids is 1. The second-order valence-electron chi connectivity index (χ2n) is 5.69. The van der Waals surface area contributed by atoms with Gasteiger partial charge in [-0.2, -0.15) is 0 Å². The molecule has 2 heterocycles. The van der Waals surface area contributed by atoms with E-state index in [-0.39, 0.29) is 19.1 Å². The monoisotopic (exact) mass is 332 g/mol. The first-order valence-corrected chi connectivity index (χ1v) is 7.78. The SMILES string of the molecule is Cc1c(C(=O)N2CCOC(C(F)F)C2)cccc1-c1ccccn1. The molecular weight excluding hydrogens is 314 g/mol. The first-order valence-electron chi connectivity index (χ1n) is 7.78. The number of alkyl halides is 2. The third kappa shape index (κ3) is 3.28. The summed E-state index contributed by atoms with van der Waals surface area (Å²) in [6, 6.07) is 11.0. The van der Waals surface area contributed by atoms with Crippen molar-refractivity contribution < 1.29 is 18.3 Å². The number of amides is 1. The van der Waals surface area contributed by atoms with Gasteiger partial charge in [0.1, 0.15) is 6.10 Å². The molecule has 1 aliphatic heterocycles. The third-order valence-corrected chi connectivity index (χ3v) is 4.17. The van der Waals surface area contributed by atoms with Gasteiger partial charge in [0.15, 0.2) is 0 Å². The minimum atomic E-state index is -2.60. The summed E-state index contributed by atoms with van der Waals surface area (Å²) in [5.41, 5.74) is 2.94. The van der Waals surface area contributed by atoms with Crippen molar-refractivity contribution in [1.29, 1.82) is 0 Å².